The van der Waals surface area contributed by atoms with Crippen molar-refractivity contribution in [3.63, 3.8) is 0 Å². The molecule has 4 aromatic rings. The molecule has 1 heterocycles. The van der Waals surface area contributed by atoms with Gasteiger partial charge in [-0.3, -0.25) is 0 Å². The number of aromatic nitrogens is 1. The van der Waals surface area contributed by atoms with Crippen LogP contribution in [-0.4, -0.2) is 5.16 Å². The molecule has 0 amide bonds. The van der Waals surface area contributed by atoms with E-state index in [0.717, 1.165) is 26.0 Å². The first kappa shape index (κ1) is 20.8. The van der Waals surface area contributed by atoms with Crippen LogP contribution >= 0.6 is 34.2 Å². The van der Waals surface area contributed by atoms with Crippen molar-refractivity contribution in [2.45, 2.75) is 20.1 Å². The predicted octanol–water partition coefficient (Wildman–Crippen LogP) is 7.07. The summed E-state index contributed by atoms with van der Waals surface area (Å²) in [5, 5.41) is 4.55. The average Bonchev–Trinajstić information content (AvgIpc) is 3.11. The highest BCUT2D eigenvalue weighted by Crippen LogP contribution is 2.41. The molecule has 0 aliphatic carbocycles. The lowest BCUT2D eigenvalue weighted by atomic mass is 10.1. The van der Waals surface area contributed by atoms with Gasteiger partial charge in [-0.15, -0.1) is 0 Å². The third-order valence-electron chi connectivity index (χ3n) is 4.54. The van der Waals surface area contributed by atoms with E-state index < -0.39 is 0 Å². The molecule has 1 aromatic heterocycles. The van der Waals surface area contributed by atoms with Gasteiger partial charge in [0.25, 0.3) is 0 Å². The highest BCUT2D eigenvalue weighted by atomic mass is 127. The molecule has 0 aliphatic rings. The van der Waals surface area contributed by atoms with Crippen molar-refractivity contribution in [2.24, 2.45) is 0 Å². The van der Waals surface area contributed by atoms with Gasteiger partial charge in [-0.05, 0) is 46.7 Å². The molecule has 152 valence electrons. The number of aryl methyl sites for hydroxylation is 1. The lowest BCUT2D eigenvalue weighted by Crippen LogP contribution is -2.00. The summed E-state index contributed by atoms with van der Waals surface area (Å²) in [4.78, 5) is 0. The Morgan fingerprint density at radius 1 is 0.867 bits per heavy atom. The van der Waals surface area contributed by atoms with Gasteiger partial charge in [-0.2, -0.15) is 0 Å². The summed E-state index contributed by atoms with van der Waals surface area (Å²) in [5.74, 6) is 1.81. The third-order valence-corrected chi connectivity index (χ3v) is 6.11. The molecule has 0 unspecified atom stereocenters. The quantitative estimate of drug-likeness (QED) is 0.239. The van der Waals surface area contributed by atoms with Crippen LogP contribution in [0.2, 0.25) is 5.02 Å². The molecule has 0 saturated carbocycles. The van der Waals surface area contributed by atoms with Crippen molar-refractivity contribution >= 4 is 34.2 Å². The molecule has 4 nitrogen and oxygen atoms in total. The second-order valence-corrected chi connectivity index (χ2v) is 8.22. The van der Waals surface area contributed by atoms with E-state index in [2.05, 4.69) is 27.7 Å². The molecule has 0 atom stereocenters. The number of rotatable bonds is 7. The molecule has 6 heteroatoms. The van der Waals surface area contributed by atoms with Crippen molar-refractivity contribution in [3.05, 3.63) is 98.2 Å². The van der Waals surface area contributed by atoms with Crippen LogP contribution < -0.4 is 9.47 Å². The molecule has 0 bridgehead atoms. The number of ether oxygens (including phenoxy) is 2. The van der Waals surface area contributed by atoms with Gasteiger partial charge in [-0.25, -0.2) is 0 Å². The van der Waals surface area contributed by atoms with Gasteiger partial charge in [0.05, 0.1) is 19.9 Å². The molecule has 0 aliphatic heterocycles. The highest BCUT2D eigenvalue weighted by molar-refractivity contribution is 14.1. The summed E-state index contributed by atoms with van der Waals surface area (Å²) in [6.45, 7) is 2.73. The molecule has 0 spiro atoms. The van der Waals surface area contributed by atoms with E-state index in [1.54, 1.807) is 0 Å². The zero-order valence-corrected chi connectivity index (χ0v) is 19.2. The molecular formula is C24H19ClINO3. The van der Waals surface area contributed by atoms with Crippen LogP contribution in [0.15, 0.2) is 77.3 Å². The largest absolute Gasteiger partial charge is 0.488 e. The van der Waals surface area contributed by atoms with Crippen molar-refractivity contribution in [2.75, 3.05) is 0 Å². The molecular weight excluding hydrogens is 513 g/mol. The van der Waals surface area contributed by atoms with Crippen LogP contribution in [0.5, 0.6) is 11.5 Å². The Hall–Kier alpha value is -2.51. The Bertz CT molecular complexity index is 1130. The lowest BCUT2D eigenvalue weighted by molar-refractivity contribution is 0.290. The summed E-state index contributed by atoms with van der Waals surface area (Å²) in [7, 11) is 0. The van der Waals surface area contributed by atoms with Crippen LogP contribution in [-0.2, 0) is 13.2 Å². The maximum Gasteiger partial charge on any atom is 0.184 e. The number of hydrogen-bond acceptors (Lipinski definition) is 4. The van der Waals surface area contributed by atoms with Crippen molar-refractivity contribution < 1.29 is 14.0 Å². The van der Waals surface area contributed by atoms with E-state index >= 15 is 0 Å². The standard InChI is InChI=1S/C24H19ClINO3/c1-16-23(26)24(30-27-16)19-12-20(25)22(29-15-18-10-6-3-7-11-18)13-21(19)28-14-17-8-4-2-5-9-17/h2-13H,14-15H2,1H3. The van der Waals surface area contributed by atoms with Crippen LogP contribution in [0.3, 0.4) is 0 Å². The third kappa shape index (κ3) is 4.79. The molecule has 30 heavy (non-hydrogen) atoms. The summed E-state index contributed by atoms with van der Waals surface area (Å²) < 4.78 is 18.6. The number of nitrogens with zero attached hydrogens (tertiary/aromatic N) is 1. The van der Waals surface area contributed by atoms with Gasteiger partial charge < -0.3 is 14.0 Å². The second kappa shape index (κ2) is 9.53. The maximum absolute atomic E-state index is 6.55. The first-order valence-electron chi connectivity index (χ1n) is 9.41. The fraction of sp³-hybridized carbons (Fsp3) is 0.125. The predicted molar refractivity (Wildman–Crippen MR) is 126 cm³/mol. The van der Waals surface area contributed by atoms with Crippen LogP contribution in [0.4, 0.5) is 0 Å². The van der Waals surface area contributed by atoms with Gasteiger partial charge in [0.1, 0.15) is 24.7 Å². The second-order valence-electron chi connectivity index (χ2n) is 6.74. The minimum atomic E-state index is 0.414. The number of halogens is 2. The van der Waals surface area contributed by atoms with E-state index in [1.807, 2.05) is 79.7 Å². The fourth-order valence-electron chi connectivity index (χ4n) is 2.94. The Balaban J connectivity index is 1.66. The van der Waals surface area contributed by atoms with Gasteiger partial charge in [-0.1, -0.05) is 77.4 Å². The van der Waals surface area contributed by atoms with Crippen molar-refractivity contribution in [1.29, 1.82) is 0 Å². The summed E-state index contributed by atoms with van der Waals surface area (Å²) in [6.07, 6.45) is 0. The Morgan fingerprint density at radius 3 is 1.97 bits per heavy atom. The zero-order valence-electron chi connectivity index (χ0n) is 16.3. The van der Waals surface area contributed by atoms with Crippen LogP contribution in [0, 0.1) is 10.5 Å². The zero-order chi connectivity index (χ0) is 20.9. The molecule has 0 N–H and O–H groups in total. The SMILES string of the molecule is Cc1noc(-c2cc(Cl)c(OCc3ccccc3)cc2OCc2ccccc2)c1I. The average molecular weight is 532 g/mol. The van der Waals surface area contributed by atoms with Gasteiger partial charge in [0.2, 0.25) is 0 Å². The van der Waals surface area contributed by atoms with Crippen molar-refractivity contribution in [3.8, 4) is 22.8 Å². The van der Waals surface area contributed by atoms with E-state index in [0.29, 0.717) is 35.5 Å². The minimum absolute atomic E-state index is 0.414. The Morgan fingerprint density at radius 2 is 1.43 bits per heavy atom. The van der Waals surface area contributed by atoms with Crippen LogP contribution in [0.25, 0.3) is 11.3 Å². The first-order valence-corrected chi connectivity index (χ1v) is 10.9. The summed E-state index contributed by atoms with van der Waals surface area (Å²) in [6, 6.07) is 23.6. The maximum atomic E-state index is 6.55. The lowest BCUT2D eigenvalue weighted by Gasteiger charge is -2.15. The monoisotopic (exact) mass is 531 g/mol. The van der Waals surface area contributed by atoms with E-state index in [9.17, 15) is 0 Å². The van der Waals surface area contributed by atoms with E-state index in [1.165, 1.54) is 0 Å². The van der Waals surface area contributed by atoms with E-state index in [-0.39, 0.29) is 0 Å². The molecule has 3 aromatic carbocycles. The fourth-order valence-corrected chi connectivity index (χ4v) is 3.64. The topological polar surface area (TPSA) is 44.5 Å². The van der Waals surface area contributed by atoms with E-state index in [4.69, 9.17) is 25.6 Å². The molecule has 0 fully saturated rings. The molecule has 0 radical (unpaired) electrons. The highest BCUT2D eigenvalue weighted by Gasteiger charge is 2.20. The first-order chi connectivity index (χ1) is 14.6. The van der Waals surface area contributed by atoms with Crippen molar-refractivity contribution in [1.82, 2.24) is 5.16 Å². The van der Waals surface area contributed by atoms with Gasteiger partial charge >= 0.3 is 0 Å². The van der Waals surface area contributed by atoms with Gasteiger partial charge in [0, 0.05) is 6.07 Å². The number of hydrogen-bond donors (Lipinski definition) is 0. The Kier molecular flexibility index (Phi) is 6.59. The Labute approximate surface area is 193 Å². The summed E-state index contributed by atoms with van der Waals surface area (Å²) >= 11 is 8.77. The van der Waals surface area contributed by atoms with Crippen LogP contribution in [0.1, 0.15) is 16.8 Å². The molecule has 4 rings (SSSR count). The van der Waals surface area contributed by atoms with Gasteiger partial charge in [0.15, 0.2) is 5.76 Å². The number of benzene rings is 3. The minimum Gasteiger partial charge on any atom is -0.488 e. The smallest absolute Gasteiger partial charge is 0.184 e. The normalized spacial score (nSPS) is 10.8. The molecule has 0 saturated heterocycles. The summed E-state index contributed by atoms with van der Waals surface area (Å²) in [5.41, 5.74) is 3.69.